The van der Waals surface area contributed by atoms with Crippen LogP contribution in [0.15, 0.2) is 40.9 Å². The van der Waals surface area contributed by atoms with Gasteiger partial charge in [0.2, 0.25) is 0 Å². The van der Waals surface area contributed by atoms with Gasteiger partial charge in [-0.2, -0.15) is 0 Å². The maximum atomic E-state index is 11.7. The molecule has 0 aliphatic carbocycles. The molecule has 0 fully saturated rings. The van der Waals surface area contributed by atoms with Gasteiger partial charge in [-0.3, -0.25) is 0 Å². The summed E-state index contributed by atoms with van der Waals surface area (Å²) in [6, 6.07) is 10.3. The summed E-state index contributed by atoms with van der Waals surface area (Å²) in [6.45, 7) is 0. The van der Waals surface area contributed by atoms with Crippen molar-refractivity contribution >= 4 is 33.5 Å². The highest BCUT2D eigenvalue weighted by molar-refractivity contribution is 9.10. The van der Waals surface area contributed by atoms with E-state index >= 15 is 0 Å². The van der Waals surface area contributed by atoms with E-state index in [4.69, 9.17) is 14.2 Å². The summed E-state index contributed by atoms with van der Waals surface area (Å²) in [5.41, 5.74) is 1.29. The van der Waals surface area contributed by atoms with E-state index in [1.54, 1.807) is 49.6 Å². The number of ether oxygens (including phenoxy) is 3. The number of carboxylic acids is 1. The molecule has 0 aromatic heterocycles. The minimum absolute atomic E-state index is 0.135. The Morgan fingerprint density at radius 2 is 1.71 bits per heavy atom. The third kappa shape index (κ3) is 3.89. The maximum Gasteiger partial charge on any atom is 0.336 e. The molecule has 0 bridgehead atoms. The Morgan fingerprint density at radius 1 is 1.04 bits per heavy atom. The summed E-state index contributed by atoms with van der Waals surface area (Å²) in [7, 11) is 4.60. The van der Waals surface area contributed by atoms with Crippen molar-refractivity contribution in [3.63, 3.8) is 0 Å². The van der Waals surface area contributed by atoms with Crippen LogP contribution >= 0.6 is 15.9 Å². The van der Waals surface area contributed by atoms with Gasteiger partial charge in [0.15, 0.2) is 11.5 Å². The first-order chi connectivity index (χ1) is 11.5. The summed E-state index contributed by atoms with van der Waals surface area (Å²) >= 11 is 3.39. The number of benzene rings is 2. The second kappa shape index (κ2) is 7.88. The van der Waals surface area contributed by atoms with E-state index in [-0.39, 0.29) is 5.57 Å². The smallest absolute Gasteiger partial charge is 0.336 e. The number of carboxylic acid groups (broad SMARTS) is 1. The highest BCUT2D eigenvalue weighted by Crippen LogP contribution is 2.37. The lowest BCUT2D eigenvalue weighted by Crippen LogP contribution is -2.01. The van der Waals surface area contributed by atoms with Gasteiger partial charge in [-0.25, -0.2) is 4.79 Å². The van der Waals surface area contributed by atoms with E-state index in [1.165, 1.54) is 14.2 Å². The van der Waals surface area contributed by atoms with Crippen molar-refractivity contribution in [2.45, 2.75) is 0 Å². The number of hydrogen-bond acceptors (Lipinski definition) is 4. The van der Waals surface area contributed by atoms with Gasteiger partial charge in [-0.1, -0.05) is 28.1 Å². The molecule has 0 spiro atoms. The minimum atomic E-state index is -1.04. The molecule has 0 saturated heterocycles. The van der Waals surface area contributed by atoms with Gasteiger partial charge in [0.1, 0.15) is 5.75 Å². The van der Waals surface area contributed by atoms with Crippen LogP contribution in [-0.2, 0) is 4.79 Å². The van der Waals surface area contributed by atoms with Crippen LogP contribution in [0, 0.1) is 0 Å². The number of methoxy groups -OCH3 is 3. The second-order valence-electron chi connectivity index (χ2n) is 4.82. The van der Waals surface area contributed by atoms with E-state index in [9.17, 15) is 9.90 Å². The third-order valence-corrected chi connectivity index (χ3v) is 3.86. The topological polar surface area (TPSA) is 65.0 Å². The molecule has 24 heavy (non-hydrogen) atoms. The van der Waals surface area contributed by atoms with E-state index in [1.807, 2.05) is 0 Å². The fourth-order valence-electron chi connectivity index (χ4n) is 2.26. The molecule has 0 radical (unpaired) electrons. The lowest BCUT2D eigenvalue weighted by molar-refractivity contribution is -0.130. The van der Waals surface area contributed by atoms with Crippen molar-refractivity contribution in [2.24, 2.45) is 0 Å². The molecule has 2 rings (SSSR count). The van der Waals surface area contributed by atoms with E-state index in [0.29, 0.717) is 28.4 Å². The average molecular weight is 393 g/mol. The number of aliphatic carboxylic acids is 1. The van der Waals surface area contributed by atoms with E-state index < -0.39 is 5.97 Å². The predicted molar refractivity (Wildman–Crippen MR) is 95.7 cm³/mol. The highest BCUT2D eigenvalue weighted by atomic mass is 79.9. The molecule has 6 heteroatoms. The standard InChI is InChI=1S/C18H17BrO5/c1-22-14-6-4-11(5-7-14)15(18(20)21)9-12-8-13(19)10-16(23-2)17(12)24-3/h4-10H,1-3H3,(H,20,21)/b15-9-. The van der Waals surface area contributed by atoms with Crippen molar-refractivity contribution in [1.29, 1.82) is 0 Å². The van der Waals surface area contributed by atoms with Crippen LogP contribution in [0.5, 0.6) is 17.2 Å². The van der Waals surface area contributed by atoms with Crippen LogP contribution in [0.25, 0.3) is 11.6 Å². The highest BCUT2D eigenvalue weighted by Gasteiger charge is 2.15. The molecule has 2 aromatic rings. The van der Waals surface area contributed by atoms with Crippen molar-refractivity contribution in [1.82, 2.24) is 0 Å². The Hall–Kier alpha value is -2.47. The Balaban J connectivity index is 2.59. The SMILES string of the molecule is COc1ccc(/C(=C/c2cc(Br)cc(OC)c2OC)C(=O)O)cc1. The van der Waals surface area contributed by atoms with Gasteiger partial charge in [0.05, 0.1) is 26.9 Å². The summed E-state index contributed by atoms with van der Waals surface area (Å²) < 4.78 is 16.5. The molecule has 126 valence electrons. The van der Waals surface area contributed by atoms with Crippen molar-refractivity contribution in [3.8, 4) is 17.2 Å². The Kier molecular flexibility index (Phi) is 5.87. The van der Waals surface area contributed by atoms with Gasteiger partial charge >= 0.3 is 5.97 Å². The molecule has 0 atom stereocenters. The quantitative estimate of drug-likeness (QED) is 0.592. The molecular weight excluding hydrogens is 376 g/mol. The van der Waals surface area contributed by atoms with Crippen LogP contribution in [0.2, 0.25) is 0 Å². The fourth-order valence-corrected chi connectivity index (χ4v) is 2.72. The van der Waals surface area contributed by atoms with Crippen molar-refractivity contribution < 1.29 is 24.1 Å². The number of carbonyl (C=O) groups is 1. The molecule has 0 amide bonds. The fraction of sp³-hybridized carbons (Fsp3) is 0.167. The minimum Gasteiger partial charge on any atom is -0.497 e. The zero-order chi connectivity index (χ0) is 17.7. The van der Waals surface area contributed by atoms with Gasteiger partial charge in [-0.05, 0) is 35.9 Å². The molecule has 1 N–H and O–H groups in total. The molecule has 0 heterocycles. The average Bonchev–Trinajstić information content (AvgIpc) is 2.58. The Bertz CT molecular complexity index is 766. The van der Waals surface area contributed by atoms with E-state index in [0.717, 1.165) is 4.47 Å². The molecular formula is C18H17BrO5. The van der Waals surface area contributed by atoms with Crippen LogP contribution < -0.4 is 14.2 Å². The third-order valence-electron chi connectivity index (χ3n) is 3.40. The molecule has 0 saturated carbocycles. The summed E-state index contributed by atoms with van der Waals surface area (Å²) in [6.07, 6.45) is 1.55. The number of halogens is 1. The van der Waals surface area contributed by atoms with E-state index in [2.05, 4.69) is 15.9 Å². The zero-order valence-corrected chi connectivity index (χ0v) is 15.1. The van der Waals surface area contributed by atoms with Crippen molar-refractivity contribution in [2.75, 3.05) is 21.3 Å². The summed E-state index contributed by atoms with van der Waals surface area (Å²) in [5.74, 6) is 0.594. The molecule has 0 aliphatic rings. The summed E-state index contributed by atoms with van der Waals surface area (Å²) in [4.78, 5) is 11.7. The molecule has 0 aliphatic heterocycles. The first-order valence-corrected chi connectivity index (χ1v) is 7.80. The largest absolute Gasteiger partial charge is 0.497 e. The van der Waals surface area contributed by atoms with Gasteiger partial charge in [0.25, 0.3) is 0 Å². The first kappa shape index (κ1) is 17.9. The van der Waals surface area contributed by atoms with Crippen LogP contribution in [-0.4, -0.2) is 32.4 Å². The number of rotatable bonds is 6. The molecule has 2 aromatic carbocycles. The molecule has 5 nitrogen and oxygen atoms in total. The van der Waals surface area contributed by atoms with Gasteiger partial charge < -0.3 is 19.3 Å². The number of hydrogen-bond donors (Lipinski definition) is 1. The van der Waals surface area contributed by atoms with Gasteiger partial charge in [0, 0.05) is 10.0 Å². The monoisotopic (exact) mass is 392 g/mol. The van der Waals surface area contributed by atoms with Crippen LogP contribution in [0.4, 0.5) is 0 Å². The Labute approximate surface area is 148 Å². The van der Waals surface area contributed by atoms with Crippen LogP contribution in [0.1, 0.15) is 11.1 Å². The zero-order valence-electron chi connectivity index (χ0n) is 13.5. The lowest BCUT2D eigenvalue weighted by Gasteiger charge is -2.12. The Morgan fingerprint density at radius 3 is 2.21 bits per heavy atom. The maximum absolute atomic E-state index is 11.7. The van der Waals surface area contributed by atoms with Gasteiger partial charge in [-0.15, -0.1) is 0 Å². The second-order valence-corrected chi connectivity index (χ2v) is 5.74. The molecule has 0 unspecified atom stereocenters. The first-order valence-electron chi connectivity index (χ1n) is 7.01. The predicted octanol–water partition coefficient (Wildman–Crippen LogP) is 4.10. The van der Waals surface area contributed by atoms with Crippen molar-refractivity contribution in [3.05, 3.63) is 52.0 Å². The normalized spacial score (nSPS) is 11.1. The summed E-state index contributed by atoms with van der Waals surface area (Å²) in [5, 5.41) is 9.59. The van der Waals surface area contributed by atoms with Crippen LogP contribution in [0.3, 0.4) is 0 Å². The lowest BCUT2D eigenvalue weighted by atomic mass is 10.0.